The first kappa shape index (κ1) is 15.1. The first-order valence-electron chi connectivity index (χ1n) is 6.53. The lowest BCUT2D eigenvalue weighted by Gasteiger charge is -2.34. The minimum absolute atomic E-state index is 0.361. The zero-order valence-corrected chi connectivity index (χ0v) is 11.8. The number of aliphatic hydroxyl groups is 1. The summed E-state index contributed by atoms with van der Waals surface area (Å²) in [4.78, 5) is 11.3. The van der Waals surface area contributed by atoms with Gasteiger partial charge in [0.1, 0.15) is 5.82 Å². The van der Waals surface area contributed by atoms with Crippen molar-refractivity contribution in [1.82, 2.24) is 0 Å². The van der Waals surface area contributed by atoms with Gasteiger partial charge in [0.05, 0.1) is 11.5 Å². The summed E-state index contributed by atoms with van der Waals surface area (Å²) >= 11 is 1.24. The lowest BCUT2D eigenvalue weighted by Crippen LogP contribution is -2.38. The predicted octanol–water partition coefficient (Wildman–Crippen LogP) is 2.51. The Morgan fingerprint density at radius 1 is 1.45 bits per heavy atom. The van der Waals surface area contributed by atoms with Gasteiger partial charge >= 0.3 is 5.97 Å². The molecule has 0 heterocycles. The molecule has 1 aliphatic rings. The second-order valence-electron chi connectivity index (χ2n) is 5.32. The van der Waals surface area contributed by atoms with Gasteiger partial charge in [-0.3, -0.25) is 4.79 Å². The maximum absolute atomic E-state index is 13.6. The molecule has 0 saturated heterocycles. The number of nitrogen functional groups attached to an aromatic ring is 1. The summed E-state index contributed by atoms with van der Waals surface area (Å²) in [6.45, 7) is 0. The van der Waals surface area contributed by atoms with Crippen LogP contribution in [0, 0.1) is 11.7 Å². The van der Waals surface area contributed by atoms with Crippen LogP contribution in [0.1, 0.15) is 25.7 Å². The Kier molecular flexibility index (Phi) is 4.55. The largest absolute Gasteiger partial charge is 0.481 e. The monoisotopic (exact) mass is 299 g/mol. The maximum Gasteiger partial charge on any atom is 0.306 e. The average Bonchev–Trinajstić information content (AvgIpc) is 2.38. The van der Waals surface area contributed by atoms with Crippen LogP contribution < -0.4 is 5.73 Å². The Hall–Kier alpha value is -1.27. The Bertz CT molecular complexity index is 501. The van der Waals surface area contributed by atoms with Crippen molar-refractivity contribution in [2.75, 3.05) is 11.5 Å². The zero-order chi connectivity index (χ0) is 14.8. The molecule has 4 N–H and O–H groups in total. The lowest BCUT2D eigenvalue weighted by molar-refractivity contribution is -0.144. The first-order valence-corrected chi connectivity index (χ1v) is 7.51. The van der Waals surface area contributed by atoms with E-state index in [0.29, 0.717) is 42.0 Å². The van der Waals surface area contributed by atoms with Crippen LogP contribution in [0.3, 0.4) is 0 Å². The van der Waals surface area contributed by atoms with E-state index in [1.165, 1.54) is 17.8 Å². The molecule has 1 saturated carbocycles. The summed E-state index contributed by atoms with van der Waals surface area (Å²) in [5.41, 5.74) is 4.94. The van der Waals surface area contributed by atoms with Crippen molar-refractivity contribution in [3.63, 3.8) is 0 Å². The van der Waals surface area contributed by atoms with Gasteiger partial charge in [-0.15, -0.1) is 11.8 Å². The van der Waals surface area contributed by atoms with E-state index < -0.39 is 17.4 Å². The molecular weight excluding hydrogens is 281 g/mol. The molecule has 2 rings (SSSR count). The maximum atomic E-state index is 13.6. The molecule has 1 fully saturated rings. The number of carboxylic acid groups (broad SMARTS) is 1. The molecule has 1 aromatic carbocycles. The number of thioether (sulfide) groups is 1. The number of anilines is 1. The Balaban J connectivity index is 1.92. The summed E-state index contributed by atoms with van der Waals surface area (Å²) in [5, 5.41) is 19.3. The van der Waals surface area contributed by atoms with Crippen LogP contribution in [0.25, 0.3) is 0 Å². The number of carbonyl (C=O) groups is 1. The van der Waals surface area contributed by atoms with Gasteiger partial charge in [-0.1, -0.05) is 0 Å². The number of hydrogen-bond acceptors (Lipinski definition) is 4. The molecule has 6 heteroatoms. The smallest absolute Gasteiger partial charge is 0.306 e. The van der Waals surface area contributed by atoms with Gasteiger partial charge in [0.15, 0.2) is 0 Å². The highest BCUT2D eigenvalue weighted by molar-refractivity contribution is 7.99. The van der Waals surface area contributed by atoms with Gasteiger partial charge in [0.25, 0.3) is 0 Å². The summed E-state index contributed by atoms with van der Waals surface area (Å²) < 4.78 is 13.6. The molecule has 1 aliphatic carbocycles. The minimum Gasteiger partial charge on any atom is -0.481 e. The average molecular weight is 299 g/mol. The third kappa shape index (κ3) is 3.64. The van der Waals surface area contributed by atoms with Crippen molar-refractivity contribution >= 4 is 23.4 Å². The van der Waals surface area contributed by atoms with Crippen LogP contribution in [0.15, 0.2) is 23.1 Å². The molecule has 0 bridgehead atoms. The highest BCUT2D eigenvalue weighted by Gasteiger charge is 2.35. The summed E-state index contributed by atoms with van der Waals surface area (Å²) in [5.74, 6) is -1.20. The molecular formula is C14H18FNO3S. The molecule has 20 heavy (non-hydrogen) atoms. The molecule has 0 spiro atoms. The Morgan fingerprint density at radius 2 is 2.10 bits per heavy atom. The Morgan fingerprint density at radius 3 is 2.65 bits per heavy atom. The van der Waals surface area contributed by atoms with Crippen LogP contribution in [0.4, 0.5) is 10.1 Å². The van der Waals surface area contributed by atoms with Crippen molar-refractivity contribution in [2.24, 2.45) is 5.92 Å². The fourth-order valence-electron chi connectivity index (χ4n) is 2.39. The number of nitrogens with two attached hydrogens (primary N) is 1. The molecule has 0 radical (unpaired) electrons. The number of carboxylic acids is 1. The number of aliphatic carboxylic acids is 1. The van der Waals surface area contributed by atoms with Gasteiger partial charge in [0.2, 0.25) is 0 Å². The van der Waals surface area contributed by atoms with Gasteiger partial charge < -0.3 is 15.9 Å². The summed E-state index contributed by atoms with van der Waals surface area (Å²) in [6.07, 6.45) is 1.81. The van der Waals surface area contributed by atoms with E-state index in [0.717, 1.165) is 0 Å². The van der Waals surface area contributed by atoms with E-state index in [1.807, 2.05) is 0 Å². The highest BCUT2D eigenvalue weighted by Crippen LogP contribution is 2.37. The normalized spacial score (nSPS) is 26.4. The van der Waals surface area contributed by atoms with Gasteiger partial charge in [-0.2, -0.15) is 0 Å². The van der Waals surface area contributed by atoms with Crippen LogP contribution in [0.2, 0.25) is 0 Å². The SMILES string of the molecule is Nc1ccc(SCC2(O)CCC(C(=O)O)CC2)c(F)c1. The molecule has 0 unspecified atom stereocenters. The topological polar surface area (TPSA) is 83.5 Å². The van der Waals surface area contributed by atoms with E-state index in [2.05, 4.69) is 0 Å². The second-order valence-corrected chi connectivity index (χ2v) is 6.33. The first-order chi connectivity index (χ1) is 9.39. The fourth-order valence-corrected chi connectivity index (χ4v) is 3.47. The number of hydrogen-bond donors (Lipinski definition) is 3. The van der Waals surface area contributed by atoms with E-state index in [-0.39, 0.29) is 5.92 Å². The van der Waals surface area contributed by atoms with Crippen molar-refractivity contribution < 1.29 is 19.4 Å². The number of halogens is 1. The van der Waals surface area contributed by atoms with Crippen molar-refractivity contribution in [3.8, 4) is 0 Å². The van der Waals surface area contributed by atoms with Crippen molar-refractivity contribution in [2.45, 2.75) is 36.2 Å². The second kappa shape index (κ2) is 6.01. The fraction of sp³-hybridized carbons (Fsp3) is 0.500. The van der Waals surface area contributed by atoms with Gasteiger partial charge in [-0.05, 0) is 43.9 Å². The summed E-state index contributed by atoms with van der Waals surface area (Å²) in [7, 11) is 0. The molecule has 0 aromatic heterocycles. The van der Waals surface area contributed by atoms with Gasteiger partial charge in [0, 0.05) is 16.3 Å². The van der Waals surface area contributed by atoms with Crippen LogP contribution in [0.5, 0.6) is 0 Å². The third-order valence-electron chi connectivity index (χ3n) is 3.72. The zero-order valence-electron chi connectivity index (χ0n) is 11.0. The van der Waals surface area contributed by atoms with Crippen LogP contribution in [-0.2, 0) is 4.79 Å². The molecule has 0 atom stereocenters. The lowest BCUT2D eigenvalue weighted by atomic mass is 9.80. The number of rotatable bonds is 4. The third-order valence-corrected chi connectivity index (χ3v) is 5.04. The van der Waals surface area contributed by atoms with E-state index in [1.54, 1.807) is 12.1 Å². The molecule has 4 nitrogen and oxygen atoms in total. The molecule has 0 aliphatic heterocycles. The number of benzene rings is 1. The standard InChI is InChI=1S/C14H18FNO3S/c15-11-7-10(16)1-2-12(11)20-8-14(19)5-3-9(4-6-14)13(17)18/h1-2,7,9,19H,3-6,8,16H2,(H,17,18). The molecule has 1 aromatic rings. The van der Waals surface area contributed by atoms with Crippen LogP contribution >= 0.6 is 11.8 Å². The minimum atomic E-state index is -0.912. The van der Waals surface area contributed by atoms with E-state index in [9.17, 15) is 14.3 Å². The Labute approximate surface area is 121 Å². The molecule has 110 valence electrons. The van der Waals surface area contributed by atoms with Crippen LogP contribution in [-0.4, -0.2) is 27.5 Å². The van der Waals surface area contributed by atoms with Crippen molar-refractivity contribution in [3.05, 3.63) is 24.0 Å². The van der Waals surface area contributed by atoms with E-state index in [4.69, 9.17) is 10.8 Å². The highest BCUT2D eigenvalue weighted by atomic mass is 32.2. The van der Waals surface area contributed by atoms with Crippen molar-refractivity contribution in [1.29, 1.82) is 0 Å². The summed E-state index contributed by atoms with van der Waals surface area (Å²) in [6, 6.07) is 4.48. The molecule has 0 amide bonds. The predicted molar refractivity (Wildman–Crippen MR) is 76.1 cm³/mol. The van der Waals surface area contributed by atoms with E-state index >= 15 is 0 Å². The quantitative estimate of drug-likeness (QED) is 0.587. The van der Waals surface area contributed by atoms with Gasteiger partial charge in [-0.25, -0.2) is 4.39 Å².